The van der Waals surface area contributed by atoms with E-state index in [0.29, 0.717) is 76.9 Å². The first-order chi connectivity index (χ1) is 35.1. The maximum absolute atomic E-state index is 14.4. The van der Waals surface area contributed by atoms with Crippen molar-refractivity contribution in [1.29, 1.82) is 0 Å². The maximum Gasteiger partial charge on any atom is 0.308 e. The average molecular weight is 1030 g/mol. The Morgan fingerprint density at radius 1 is 0.671 bits per heavy atom. The Hall–Kier alpha value is -1.65. The Bertz CT molecular complexity index is 2080. The Kier molecular flexibility index (Phi) is 13.7. The molecule has 17 nitrogen and oxygen atoms in total. The summed E-state index contributed by atoms with van der Waals surface area (Å²) in [6, 6.07) is 0. The SMILES string of the molecule is C=C1CO[C@@H](CC[C@]23CC[C@H](O2)[C@H]2C[C@@H](O3)[C@H]3O[C@@H](CC(=O)O[C@@H]4[C@@H](C)[C@@H]5O[C@@H]6C[C@]7(C[C@@H]8O[C@]9(C[C@H](C)[C@@H]%10O[C@H](CN)[C@H](O)C[C@@H]%10O9)C[C@H](C)[C@@H]8O7)O[C@@H]6C[C@@H]5O[C@H]4C[C@H]4OCC[C@@H](C)C4=C)CC[C@@H]3O2)C1. The highest BCUT2D eigenvalue weighted by atomic mass is 16.8. The topological polar surface area (TPSA) is 193 Å². The van der Waals surface area contributed by atoms with E-state index in [9.17, 15) is 9.90 Å². The van der Waals surface area contributed by atoms with Gasteiger partial charge in [-0.25, -0.2) is 0 Å². The van der Waals surface area contributed by atoms with Gasteiger partial charge in [-0.15, -0.1) is 0 Å². The molecule has 13 saturated heterocycles. The molecule has 13 aliphatic heterocycles. The molecule has 0 radical (unpaired) electrons. The number of carbonyl (C=O) groups is 1. The lowest BCUT2D eigenvalue weighted by atomic mass is 9.78. The fraction of sp³-hybridized carbons (Fsp3) is 0.911. The van der Waals surface area contributed by atoms with Gasteiger partial charge in [0.1, 0.15) is 12.2 Å². The van der Waals surface area contributed by atoms with Gasteiger partial charge in [-0.2, -0.15) is 0 Å². The van der Waals surface area contributed by atoms with Crippen LogP contribution in [0.15, 0.2) is 24.3 Å². The molecular weight excluding hydrogens is 943 g/mol. The van der Waals surface area contributed by atoms with Gasteiger partial charge in [-0.1, -0.05) is 40.9 Å². The van der Waals surface area contributed by atoms with E-state index in [1.807, 2.05) is 0 Å². The Balaban J connectivity index is 0.669. The second-order valence-electron chi connectivity index (χ2n) is 25.2. The molecule has 2 spiro atoms. The smallest absolute Gasteiger partial charge is 0.308 e. The van der Waals surface area contributed by atoms with Gasteiger partial charge < -0.3 is 77.2 Å². The highest BCUT2D eigenvalue weighted by Gasteiger charge is 2.65. The molecule has 13 heterocycles. The zero-order valence-corrected chi connectivity index (χ0v) is 43.6. The summed E-state index contributed by atoms with van der Waals surface area (Å²) in [5.74, 6) is -2.26. The van der Waals surface area contributed by atoms with Gasteiger partial charge in [-0.3, -0.25) is 4.79 Å². The molecule has 73 heavy (non-hydrogen) atoms. The predicted molar refractivity (Wildman–Crippen MR) is 259 cm³/mol. The molecule has 13 aliphatic rings. The standard InChI is InChI=1S/C56H83NO16/c1-27-15-33(61-26-27)9-12-54-13-10-36(68-54)39-19-44(70-54)53-37(63-39)8-7-34(62-53)16-48(59)67-52-32(6)51-42(64-41(52)18-38-31(5)28(2)11-14-60-38)20-40-45(65-51)23-56(69-40)24-46-50(73-56)30(4)22-55(72-46)21-29(3)49-43(71-55)17-35(58)47(25-57)66-49/h28-30,32-47,49-53,58H,1,5,7-26,57H2,2-4,6H3/t28-,29+,30+,32+,33+,34-,35-,36+,37+,38-,39-,40-,41+,42+,43+,44-,45-,46+,47-,49+,50+,51+,52-,53+,54+,55-,56+/m1/s1. The zero-order valence-electron chi connectivity index (χ0n) is 43.6. The van der Waals surface area contributed by atoms with Crippen LogP contribution in [-0.4, -0.2) is 170 Å². The summed E-state index contributed by atoms with van der Waals surface area (Å²) in [5, 5.41) is 10.8. The number of hydrogen-bond donors (Lipinski definition) is 2. The molecule has 0 unspecified atom stereocenters. The molecule has 0 aliphatic carbocycles. The van der Waals surface area contributed by atoms with E-state index < -0.39 is 35.7 Å². The minimum Gasteiger partial charge on any atom is -0.459 e. The van der Waals surface area contributed by atoms with Gasteiger partial charge in [0.25, 0.3) is 0 Å². The third kappa shape index (κ3) is 9.46. The molecule has 0 aromatic rings. The van der Waals surface area contributed by atoms with E-state index in [0.717, 1.165) is 56.1 Å². The lowest BCUT2D eigenvalue weighted by molar-refractivity contribution is -0.370. The van der Waals surface area contributed by atoms with E-state index in [2.05, 4.69) is 40.9 Å². The second-order valence-corrected chi connectivity index (χ2v) is 25.2. The summed E-state index contributed by atoms with van der Waals surface area (Å²) in [4.78, 5) is 14.4. The summed E-state index contributed by atoms with van der Waals surface area (Å²) < 4.78 is 94.5. The first-order valence-corrected chi connectivity index (χ1v) is 28.6. The number of aliphatic hydroxyl groups excluding tert-OH is 1. The van der Waals surface area contributed by atoms with Crippen molar-refractivity contribution < 1.29 is 76.2 Å². The number of nitrogens with two attached hydrogens (primary N) is 1. The normalized spacial score (nSPS) is 55.1. The lowest BCUT2D eigenvalue weighted by Crippen LogP contribution is -2.63. The number of esters is 1. The van der Waals surface area contributed by atoms with E-state index in [1.54, 1.807) is 0 Å². The summed E-state index contributed by atoms with van der Waals surface area (Å²) in [6.07, 6.45) is 6.37. The maximum atomic E-state index is 14.4. The molecule has 4 bridgehead atoms. The van der Waals surface area contributed by atoms with Crippen LogP contribution in [0.5, 0.6) is 0 Å². The van der Waals surface area contributed by atoms with Crippen LogP contribution in [-0.2, 0) is 71.1 Å². The van der Waals surface area contributed by atoms with Crippen molar-refractivity contribution >= 4 is 5.97 Å². The van der Waals surface area contributed by atoms with Crippen molar-refractivity contribution in [1.82, 2.24) is 0 Å². The Morgan fingerprint density at radius 2 is 1.42 bits per heavy atom. The molecule has 0 aromatic heterocycles. The molecule has 0 saturated carbocycles. The lowest BCUT2D eigenvalue weighted by Gasteiger charge is -2.54. The van der Waals surface area contributed by atoms with Crippen LogP contribution < -0.4 is 5.73 Å². The summed E-state index contributed by atoms with van der Waals surface area (Å²) in [7, 11) is 0. The fourth-order valence-corrected chi connectivity index (χ4v) is 16.2. The van der Waals surface area contributed by atoms with Crippen LogP contribution in [0, 0.1) is 23.7 Å². The van der Waals surface area contributed by atoms with E-state index in [4.69, 9.17) is 72.0 Å². The van der Waals surface area contributed by atoms with Crippen LogP contribution in [0.2, 0.25) is 0 Å². The van der Waals surface area contributed by atoms with E-state index in [-0.39, 0.29) is 140 Å². The van der Waals surface area contributed by atoms with Gasteiger partial charge in [-0.05, 0) is 67.4 Å². The Labute approximate surface area is 430 Å². The molecule has 27 atom stereocenters. The zero-order chi connectivity index (χ0) is 50.1. The van der Waals surface area contributed by atoms with Crippen LogP contribution >= 0.6 is 0 Å². The number of ether oxygens (including phenoxy) is 14. The molecule has 408 valence electrons. The number of aliphatic hydroxyl groups is 1. The van der Waals surface area contributed by atoms with Crippen molar-refractivity contribution in [3.63, 3.8) is 0 Å². The summed E-state index contributed by atoms with van der Waals surface area (Å²) in [6.45, 7) is 18.9. The molecule has 0 amide bonds. The largest absolute Gasteiger partial charge is 0.459 e. The molecular formula is C56H83NO16. The van der Waals surface area contributed by atoms with Gasteiger partial charge in [0.15, 0.2) is 17.4 Å². The van der Waals surface area contributed by atoms with Crippen LogP contribution in [0.1, 0.15) is 137 Å². The molecule has 0 aromatic carbocycles. The van der Waals surface area contributed by atoms with Crippen molar-refractivity contribution in [2.75, 3.05) is 19.8 Å². The van der Waals surface area contributed by atoms with Crippen molar-refractivity contribution in [3.05, 3.63) is 24.3 Å². The fourth-order valence-electron chi connectivity index (χ4n) is 16.2. The van der Waals surface area contributed by atoms with Gasteiger partial charge in [0, 0.05) is 83.3 Å². The number of fused-ring (bicyclic) bond motifs is 11. The molecule has 3 N–H and O–H groups in total. The third-order valence-electron chi connectivity index (χ3n) is 19.9. The molecule has 13 rings (SSSR count). The molecule has 13 fully saturated rings. The van der Waals surface area contributed by atoms with Gasteiger partial charge in [0.2, 0.25) is 0 Å². The van der Waals surface area contributed by atoms with Gasteiger partial charge >= 0.3 is 5.97 Å². The summed E-state index contributed by atoms with van der Waals surface area (Å²) >= 11 is 0. The quantitative estimate of drug-likeness (QED) is 0.213. The Morgan fingerprint density at radius 3 is 2.25 bits per heavy atom. The van der Waals surface area contributed by atoms with E-state index >= 15 is 0 Å². The number of rotatable bonds is 9. The minimum atomic E-state index is -0.879. The average Bonchev–Trinajstić information content (AvgIpc) is 4.13. The van der Waals surface area contributed by atoms with Crippen molar-refractivity contribution in [3.8, 4) is 0 Å². The highest BCUT2D eigenvalue weighted by Crippen LogP contribution is 2.56. The van der Waals surface area contributed by atoms with Crippen molar-refractivity contribution in [2.45, 2.75) is 276 Å². The number of hydrogen-bond acceptors (Lipinski definition) is 17. The van der Waals surface area contributed by atoms with Crippen LogP contribution in [0.4, 0.5) is 0 Å². The summed E-state index contributed by atoms with van der Waals surface area (Å²) in [5.41, 5.74) is 8.13. The first-order valence-electron chi connectivity index (χ1n) is 28.6. The monoisotopic (exact) mass is 1030 g/mol. The first kappa shape index (κ1) is 50.8. The minimum absolute atomic E-state index is 0.00329. The second kappa shape index (κ2) is 19.6. The van der Waals surface area contributed by atoms with Crippen molar-refractivity contribution in [2.24, 2.45) is 29.4 Å². The number of carbonyl (C=O) groups excluding carboxylic acids is 1. The van der Waals surface area contributed by atoms with Gasteiger partial charge in [0.05, 0.1) is 123 Å². The third-order valence-corrected chi connectivity index (χ3v) is 19.9. The predicted octanol–water partition coefficient (Wildman–Crippen LogP) is 5.62. The molecule has 17 heteroatoms. The van der Waals surface area contributed by atoms with Crippen LogP contribution in [0.25, 0.3) is 0 Å². The van der Waals surface area contributed by atoms with Crippen LogP contribution in [0.3, 0.4) is 0 Å². The van der Waals surface area contributed by atoms with E-state index in [1.165, 1.54) is 0 Å². The highest BCUT2D eigenvalue weighted by molar-refractivity contribution is 5.70.